The molecule has 0 saturated carbocycles. The second kappa shape index (κ2) is 8.66. The van der Waals surface area contributed by atoms with Crippen molar-refractivity contribution >= 4 is 27.3 Å². The average molecular weight is 373 g/mol. The van der Waals surface area contributed by atoms with Crippen LogP contribution in [0.1, 0.15) is 63.3 Å². The van der Waals surface area contributed by atoms with Gasteiger partial charge in [0.05, 0.1) is 6.04 Å². The maximum absolute atomic E-state index is 6.48. The van der Waals surface area contributed by atoms with Crippen LogP contribution in [0.4, 0.5) is 0 Å². The van der Waals surface area contributed by atoms with Crippen LogP contribution in [0.25, 0.3) is 0 Å². The molecule has 0 radical (unpaired) electrons. The first kappa shape index (κ1) is 17.5. The van der Waals surface area contributed by atoms with Crippen LogP contribution < -0.4 is 5.73 Å². The van der Waals surface area contributed by atoms with Crippen molar-refractivity contribution in [1.29, 1.82) is 0 Å². The second-order valence-corrected chi connectivity index (χ2v) is 8.16. The molecule has 1 aromatic heterocycles. The molecule has 2 N–H and O–H groups in total. The van der Waals surface area contributed by atoms with Crippen LogP contribution in [0.15, 0.2) is 15.9 Å². The minimum Gasteiger partial charge on any atom is -0.326 e. The summed E-state index contributed by atoms with van der Waals surface area (Å²) in [5, 5.41) is 2.18. The predicted octanol–water partition coefficient (Wildman–Crippen LogP) is 5.19. The molecule has 2 nitrogen and oxygen atoms in total. The fraction of sp³-hybridized carbons (Fsp3) is 0.765. The van der Waals surface area contributed by atoms with E-state index < -0.39 is 0 Å². The van der Waals surface area contributed by atoms with Crippen molar-refractivity contribution in [2.75, 3.05) is 13.1 Å². The third-order valence-electron chi connectivity index (χ3n) is 4.73. The van der Waals surface area contributed by atoms with Gasteiger partial charge in [-0.05, 0) is 66.7 Å². The maximum atomic E-state index is 6.48. The van der Waals surface area contributed by atoms with Gasteiger partial charge in [-0.1, -0.05) is 26.7 Å². The fourth-order valence-corrected chi connectivity index (χ4v) is 5.18. The molecule has 3 atom stereocenters. The zero-order valence-electron chi connectivity index (χ0n) is 13.4. The van der Waals surface area contributed by atoms with Crippen molar-refractivity contribution in [2.45, 2.75) is 64.5 Å². The van der Waals surface area contributed by atoms with Gasteiger partial charge >= 0.3 is 0 Å². The summed E-state index contributed by atoms with van der Waals surface area (Å²) in [5.74, 6) is 0.925. The van der Waals surface area contributed by atoms with E-state index in [4.69, 9.17) is 5.73 Å². The number of thiophene rings is 1. The summed E-state index contributed by atoms with van der Waals surface area (Å²) in [6, 6.07) is 2.89. The SMILES string of the molecule is CCCC1CCCN(C(c2cc(Br)cs2)C(N)CC)CC1. The molecule has 1 fully saturated rings. The predicted molar refractivity (Wildman–Crippen MR) is 96.8 cm³/mol. The highest BCUT2D eigenvalue weighted by Gasteiger charge is 2.29. The van der Waals surface area contributed by atoms with Gasteiger partial charge in [-0.25, -0.2) is 0 Å². The van der Waals surface area contributed by atoms with Crippen LogP contribution in [-0.4, -0.2) is 24.0 Å². The standard InChI is InChI=1S/C17H29BrN2S/c1-3-6-13-7-5-9-20(10-8-13)17(15(19)4-2)16-11-14(18)12-21-16/h11-13,15,17H,3-10,19H2,1-2H3. The number of hydrogen-bond donors (Lipinski definition) is 1. The Morgan fingerprint density at radius 3 is 2.81 bits per heavy atom. The van der Waals surface area contributed by atoms with Crippen LogP contribution in [0.3, 0.4) is 0 Å². The molecular weight excluding hydrogens is 344 g/mol. The van der Waals surface area contributed by atoms with Crippen LogP contribution in [-0.2, 0) is 0 Å². The Labute approximate surface area is 142 Å². The summed E-state index contributed by atoms with van der Waals surface area (Å²) in [6.45, 7) is 6.92. The van der Waals surface area contributed by atoms with Gasteiger partial charge < -0.3 is 5.73 Å². The molecule has 21 heavy (non-hydrogen) atoms. The lowest BCUT2D eigenvalue weighted by Crippen LogP contribution is -2.41. The Morgan fingerprint density at radius 1 is 1.38 bits per heavy atom. The highest BCUT2D eigenvalue weighted by molar-refractivity contribution is 9.10. The summed E-state index contributed by atoms with van der Waals surface area (Å²) in [7, 11) is 0. The maximum Gasteiger partial charge on any atom is 0.0593 e. The van der Waals surface area contributed by atoms with Gasteiger partial charge in [-0.15, -0.1) is 11.3 Å². The second-order valence-electron chi connectivity index (χ2n) is 6.31. The minimum absolute atomic E-state index is 0.235. The molecule has 3 unspecified atom stereocenters. The molecular formula is C17H29BrN2S. The molecule has 0 spiro atoms. The van der Waals surface area contributed by atoms with Gasteiger partial charge in [0.15, 0.2) is 0 Å². The number of likely N-dealkylation sites (tertiary alicyclic amines) is 1. The Kier molecular flexibility index (Phi) is 7.20. The van der Waals surface area contributed by atoms with Gasteiger partial charge in [0.1, 0.15) is 0 Å². The number of nitrogens with zero attached hydrogens (tertiary/aromatic N) is 1. The zero-order chi connectivity index (χ0) is 15.2. The van der Waals surface area contributed by atoms with Gasteiger partial charge in [-0.2, -0.15) is 0 Å². The minimum atomic E-state index is 0.235. The lowest BCUT2D eigenvalue weighted by molar-refractivity contribution is 0.176. The Morgan fingerprint density at radius 2 is 2.19 bits per heavy atom. The average Bonchev–Trinajstić information content (AvgIpc) is 2.76. The van der Waals surface area contributed by atoms with Crippen molar-refractivity contribution in [1.82, 2.24) is 4.90 Å². The van der Waals surface area contributed by atoms with E-state index in [1.807, 2.05) is 11.3 Å². The summed E-state index contributed by atoms with van der Waals surface area (Å²) in [5.41, 5.74) is 6.48. The van der Waals surface area contributed by atoms with E-state index >= 15 is 0 Å². The molecule has 2 rings (SSSR count). The summed E-state index contributed by atoms with van der Waals surface area (Å²) >= 11 is 5.44. The zero-order valence-corrected chi connectivity index (χ0v) is 15.8. The lowest BCUT2D eigenvalue weighted by Gasteiger charge is -2.34. The molecule has 1 saturated heterocycles. The summed E-state index contributed by atoms with van der Waals surface area (Å²) in [4.78, 5) is 4.08. The third kappa shape index (κ3) is 4.78. The van der Waals surface area contributed by atoms with E-state index in [1.54, 1.807) is 0 Å². The van der Waals surface area contributed by atoms with E-state index in [1.165, 1.54) is 54.5 Å². The highest BCUT2D eigenvalue weighted by atomic mass is 79.9. The lowest BCUT2D eigenvalue weighted by atomic mass is 9.96. The first-order chi connectivity index (χ1) is 10.2. The van der Waals surface area contributed by atoms with Crippen molar-refractivity contribution < 1.29 is 0 Å². The van der Waals surface area contributed by atoms with Gasteiger partial charge in [0, 0.05) is 20.8 Å². The van der Waals surface area contributed by atoms with Gasteiger partial charge in [0.25, 0.3) is 0 Å². The number of rotatable bonds is 6. The van der Waals surface area contributed by atoms with Crippen molar-refractivity contribution in [2.24, 2.45) is 11.7 Å². The molecule has 2 heterocycles. The molecule has 4 heteroatoms. The molecule has 0 aliphatic carbocycles. The van der Waals surface area contributed by atoms with E-state index in [0.717, 1.165) is 12.3 Å². The van der Waals surface area contributed by atoms with Crippen molar-refractivity contribution in [3.8, 4) is 0 Å². The van der Waals surface area contributed by atoms with Gasteiger partial charge in [-0.3, -0.25) is 4.90 Å². The normalized spacial score (nSPS) is 23.7. The highest BCUT2D eigenvalue weighted by Crippen LogP contribution is 2.34. The Balaban J connectivity index is 2.10. The largest absolute Gasteiger partial charge is 0.326 e. The van der Waals surface area contributed by atoms with E-state index in [0.29, 0.717) is 6.04 Å². The van der Waals surface area contributed by atoms with Crippen LogP contribution in [0, 0.1) is 5.92 Å². The van der Waals surface area contributed by atoms with E-state index in [2.05, 4.69) is 46.1 Å². The van der Waals surface area contributed by atoms with E-state index in [-0.39, 0.29) is 6.04 Å². The van der Waals surface area contributed by atoms with Crippen molar-refractivity contribution in [3.63, 3.8) is 0 Å². The summed E-state index contributed by atoms with van der Waals surface area (Å²) in [6.07, 6.45) is 7.81. The molecule has 1 aromatic rings. The molecule has 1 aliphatic heterocycles. The number of hydrogen-bond acceptors (Lipinski definition) is 3. The monoisotopic (exact) mass is 372 g/mol. The molecule has 0 amide bonds. The number of nitrogens with two attached hydrogens (primary N) is 1. The Hall–Kier alpha value is 0.1000. The van der Waals surface area contributed by atoms with Crippen molar-refractivity contribution in [3.05, 3.63) is 20.8 Å². The quantitative estimate of drug-likeness (QED) is 0.743. The topological polar surface area (TPSA) is 29.3 Å². The smallest absolute Gasteiger partial charge is 0.0593 e. The molecule has 120 valence electrons. The molecule has 0 aromatic carbocycles. The summed E-state index contributed by atoms with van der Waals surface area (Å²) < 4.78 is 1.19. The first-order valence-corrected chi connectivity index (χ1v) is 10.1. The number of halogens is 1. The van der Waals surface area contributed by atoms with Crippen LogP contribution in [0.2, 0.25) is 0 Å². The third-order valence-corrected chi connectivity index (χ3v) is 6.49. The molecule has 1 aliphatic rings. The molecule has 0 bridgehead atoms. The van der Waals surface area contributed by atoms with Crippen LogP contribution in [0.5, 0.6) is 0 Å². The first-order valence-electron chi connectivity index (χ1n) is 8.39. The Bertz CT molecular complexity index is 421. The fourth-order valence-electron chi connectivity index (χ4n) is 3.53. The van der Waals surface area contributed by atoms with Gasteiger partial charge in [0.2, 0.25) is 0 Å². The van der Waals surface area contributed by atoms with E-state index in [9.17, 15) is 0 Å². The van der Waals surface area contributed by atoms with Crippen LogP contribution >= 0.6 is 27.3 Å².